The third-order valence-electron chi connectivity index (χ3n) is 5.61. The van der Waals surface area contributed by atoms with E-state index in [1.807, 2.05) is 66.7 Å². The molecule has 8 heteroatoms. The second-order valence-electron chi connectivity index (χ2n) is 8.04. The number of carbonyl (C=O) groups excluding carboxylic acids is 2. The highest BCUT2D eigenvalue weighted by Crippen LogP contribution is 2.26. The molecular weight excluding hydrogens is 430 g/mol. The molecule has 178 valence electrons. The smallest absolute Gasteiger partial charge is 0.219 e. The number of nitrogens with one attached hydrogen (secondary N) is 1. The number of ether oxygens (including phenoxy) is 1. The molecule has 1 atom stereocenters. The summed E-state index contributed by atoms with van der Waals surface area (Å²) in [7, 11) is 3.45. The van der Waals surface area contributed by atoms with Crippen LogP contribution in [0.2, 0.25) is 0 Å². The van der Waals surface area contributed by atoms with E-state index in [0.29, 0.717) is 25.3 Å². The van der Waals surface area contributed by atoms with E-state index in [1.165, 1.54) is 0 Å². The minimum Gasteiger partial charge on any atom is -0.487 e. The van der Waals surface area contributed by atoms with Crippen LogP contribution in [0.15, 0.2) is 61.3 Å². The van der Waals surface area contributed by atoms with Crippen molar-refractivity contribution >= 4 is 18.3 Å². The van der Waals surface area contributed by atoms with Gasteiger partial charge in [-0.15, -0.1) is 5.10 Å². The Morgan fingerprint density at radius 1 is 1.24 bits per heavy atom. The number of likely N-dealkylation sites (N-methyl/N-ethyl adjacent to an activating group) is 1. The normalized spacial score (nSPS) is 11.7. The summed E-state index contributed by atoms with van der Waals surface area (Å²) in [5, 5.41) is 11.0. The molecule has 2 aromatic carbocycles. The number of benzene rings is 2. The zero-order valence-corrected chi connectivity index (χ0v) is 19.7. The average molecular weight is 462 g/mol. The molecule has 0 saturated carbocycles. The first kappa shape index (κ1) is 24.9. The molecule has 0 saturated heterocycles. The standard InChI is InChI=1S/C26H31N5O3/c1-4-21-11-8-12-25(24(21)17-30(3)23(18-32)13-14-26(33)27-2)34-19-22-16-31(29-28-22)15-20-9-6-5-7-10-20/h4-12,16,18,23H,1,13-15,17,19H2,2-3H3,(H,27,33). The van der Waals surface area contributed by atoms with Crippen LogP contribution in [0.1, 0.15) is 35.2 Å². The molecule has 8 nitrogen and oxygen atoms in total. The number of amides is 1. The summed E-state index contributed by atoms with van der Waals surface area (Å²) in [6.45, 7) is 5.28. The molecule has 1 aromatic heterocycles. The van der Waals surface area contributed by atoms with Gasteiger partial charge in [-0.2, -0.15) is 0 Å². The van der Waals surface area contributed by atoms with Crippen molar-refractivity contribution in [1.29, 1.82) is 0 Å². The number of rotatable bonds is 13. The summed E-state index contributed by atoms with van der Waals surface area (Å²) in [6.07, 6.45) is 5.25. The maximum absolute atomic E-state index is 11.7. The van der Waals surface area contributed by atoms with Gasteiger partial charge in [0.15, 0.2) is 0 Å². The molecule has 34 heavy (non-hydrogen) atoms. The fourth-order valence-electron chi connectivity index (χ4n) is 3.65. The van der Waals surface area contributed by atoms with Gasteiger partial charge >= 0.3 is 0 Å². The van der Waals surface area contributed by atoms with Gasteiger partial charge in [-0.05, 0) is 30.7 Å². The van der Waals surface area contributed by atoms with E-state index in [9.17, 15) is 9.59 Å². The Kier molecular flexibility index (Phi) is 9.11. The minimum absolute atomic E-state index is 0.0870. The minimum atomic E-state index is -0.388. The van der Waals surface area contributed by atoms with Crippen LogP contribution in [0.25, 0.3) is 6.08 Å². The first-order valence-electron chi connectivity index (χ1n) is 11.2. The van der Waals surface area contributed by atoms with Crippen LogP contribution in [0, 0.1) is 0 Å². The Bertz CT molecular complexity index is 1100. The van der Waals surface area contributed by atoms with Gasteiger partial charge in [-0.1, -0.05) is 60.3 Å². The first-order valence-corrected chi connectivity index (χ1v) is 11.2. The van der Waals surface area contributed by atoms with Gasteiger partial charge < -0.3 is 14.8 Å². The van der Waals surface area contributed by atoms with Crippen LogP contribution in [0.4, 0.5) is 0 Å². The fourth-order valence-corrected chi connectivity index (χ4v) is 3.65. The van der Waals surface area contributed by atoms with Crippen LogP contribution in [0.3, 0.4) is 0 Å². The lowest BCUT2D eigenvalue weighted by Gasteiger charge is -2.25. The third kappa shape index (κ3) is 6.86. The molecule has 1 unspecified atom stereocenters. The molecule has 1 heterocycles. The highest BCUT2D eigenvalue weighted by atomic mass is 16.5. The molecule has 0 aliphatic carbocycles. The molecule has 0 bridgehead atoms. The van der Waals surface area contributed by atoms with E-state index in [2.05, 4.69) is 22.2 Å². The summed E-state index contributed by atoms with van der Waals surface area (Å²) in [5.41, 5.74) is 3.71. The number of aromatic nitrogens is 3. The van der Waals surface area contributed by atoms with Gasteiger partial charge in [0.25, 0.3) is 0 Å². The van der Waals surface area contributed by atoms with E-state index in [1.54, 1.807) is 17.8 Å². The summed E-state index contributed by atoms with van der Waals surface area (Å²) in [5.74, 6) is 0.605. The van der Waals surface area contributed by atoms with Crippen molar-refractivity contribution in [1.82, 2.24) is 25.2 Å². The average Bonchev–Trinajstić information content (AvgIpc) is 3.31. The fraction of sp³-hybridized carbons (Fsp3) is 0.308. The molecule has 1 amide bonds. The van der Waals surface area contributed by atoms with Crippen molar-refractivity contribution in [3.63, 3.8) is 0 Å². The van der Waals surface area contributed by atoms with Crippen molar-refractivity contribution in [2.45, 2.75) is 38.6 Å². The molecule has 0 aliphatic heterocycles. The number of hydrogen-bond acceptors (Lipinski definition) is 6. The monoisotopic (exact) mass is 461 g/mol. The first-order chi connectivity index (χ1) is 16.5. The van der Waals surface area contributed by atoms with Crippen LogP contribution in [-0.4, -0.2) is 52.2 Å². The Morgan fingerprint density at radius 3 is 2.74 bits per heavy atom. The van der Waals surface area contributed by atoms with Gasteiger partial charge in [0.1, 0.15) is 24.3 Å². The van der Waals surface area contributed by atoms with E-state index in [4.69, 9.17) is 4.74 Å². The molecule has 1 N–H and O–H groups in total. The lowest BCUT2D eigenvalue weighted by Crippen LogP contribution is -2.34. The summed E-state index contributed by atoms with van der Waals surface area (Å²) >= 11 is 0. The number of nitrogens with zero attached hydrogens (tertiary/aromatic N) is 4. The van der Waals surface area contributed by atoms with Crippen LogP contribution in [-0.2, 0) is 29.3 Å². The van der Waals surface area contributed by atoms with Gasteiger partial charge in [-0.3, -0.25) is 9.69 Å². The summed E-state index contributed by atoms with van der Waals surface area (Å²) in [4.78, 5) is 25.2. The Balaban J connectivity index is 1.68. The summed E-state index contributed by atoms with van der Waals surface area (Å²) in [6, 6.07) is 15.4. The lowest BCUT2D eigenvalue weighted by atomic mass is 10.0. The molecule has 0 aliphatic rings. The molecule has 3 rings (SSSR count). The largest absolute Gasteiger partial charge is 0.487 e. The maximum atomic E-state index is 11.7. The van der Waals surface area contributed by atoms with Gasteiger partial charge in [0.2, 0.25) is 5.91 Å². The zero-order valence-electron chi connectivity index (χ0n) is 19.7. The lowest BCUT2D eigenvalue weighted by molar-refractivity contribution is -0.121. The molecule has 0 spiro atoms. The van der Waals surface area contributed by atoms with E-state index >= 15 is 0 Å². The van der Waals surface area contributed by atoms with Gasteiger partial charge in [-0.25, -0.2) is 4.68 Å². The predicted molar refractivity (Wildman–Crippen MR) is 131 cm³/mol. The Hall–Kier alpha value is -3.78. The van der Waals surface area contributed by atoms with Gasteiger partial charge in [0, 0.05) is 25.6 Å². The van der Waals surface area contributed by atoms with Crippen molar-refractivity contribution < 1.29 is 14.3 Å². The number of aldehydes is 1. The van der Waals surface area contributed by atoms with Gasteiger partial charge in [0.05, 0.1) is 18.8 Å². The van der Waals surface area contributed by atoms with Crippen molar-refractivity contribution in [3.05, 3.63) is 83.7 Å². The number of hydrogen-bond donors (Lipinski definition) is 1. The highest BCUT2D eigenvalue weighted by molar-refractivity contribution is 5.76. The Labute approximate surface area is 200 Å². The van der Waals surface area contributed by atoms with E-state index in [0.717, 1.165) is 28.7 Å². The topological polar surface area (TPSA) is 89.3 Å². The second kappa shape index (κ2) is 12.5. The maximum Gasteiger partial charge on any atom is 0.219 e. The van der Waals surface area contributed by atoms with Crippen molar-refractivity contribution in [2.24, 2.45) is 0 Å². The zero-order chi connectivity index (χ0) is 24.3. The third-order valence-corrected chi connectivity index (χ3v) is 5.61. The Morgan fingerprint density at radius 2 is 2.03 bits per heavy atom. The predicted octanol–water partition coefficient (Wildman–Crippen LogP) is 3.07. The second-order valence-corrected chi connectivity index (χ2v) is 8.04. The van der Waals surface area contributed by atoms with Crippen LogP contribution in [0.5, 0.6) is 5.75 Å². The molecule has 0 fully saturated rings. The van der Waals surface area contributed by atoms with Crippen molar-refractivity contribution in [2.75, 3.05) is 14.1 Å². The van der Waals surface area contributed by atoms with E-state index < -0.39 is 0 Å². The van der Waals surface area contributed by atoms with Crippen LogP contribution >= 0.6 is 0 Å². The molecular formula is C26H31N5O3. The molecule has 0 radical (unpaired) electrons. The van der Waals surface area contributed by atoms with E-state index in [-0.39, 0.29) is 25.0 Å². The highest BCUT2D eigenvalue weighted by Gasteiger charge is 2.19. The summed E-state index contributed by atoms with van der Waals surface area (Å²) < 4.78 is 7.90. The van der Waals surface area contributed by atoms with Crippen molar-refractivity contribution in [3.8, 4) is 5.75 Å². The number of carbonyl (C=O) groups is 2. The van der Waals surface area contributed by atoms with Crippen LogP contribution < -0.4 is 10.1 Å². The quantitative estimate of drug-likeness (QED) is 0.394. The molecule has 3 aromatic rings. The SMILES string of the molecule is C=Cc1cccc(OCc2cn(Cc3ccccc3)nn2)c1CN(C)C(C=O)CCC(=O)NC.